The lowest BCUT2D eigenvalue weighted by atomic mass is 10.0. The van der Waals surface area contributed by atoms with Crippen LogP contribution in [0.1, 0.15) is 0 Å². The number of hydrogen-bond donors (Lipinski definition) is 9. The number of ether oxygens (including phenoxy) is 8. The van der Waals surface area contributed by atoms with E-state index in [1.807, 2.05) is 0 Å². The van der Waals surface area contributed by atoms with Crippen molar-refractivity contribution in [3.05, 3.63) is 247 Å². The van der Waals surface area contributed by atoms with Crippen LogP contribution in [0.4, 0.5) is 120 Å². The van der Waals surface area contributed by atoms with Gasteiger partial charge in [-0.1, -0.05) is 0 Å². The highest BCUT2D eigenvalue weighted by Gasteiger charge is 2.38. The Morgan fingerprint density at radius 1 is 0.250 bits per heavy atom. The lowest BCUT2D eigenvalue weighted by molar-refractivity contribution is 0.412. The van der Waals surface area contributed by atoms with Crippen LogP contribution < -0.4 is 80.5 Å². The monoisotopic (exact) mass is 1630 g/mol. The zero-order chi connectivity index (χ0) is 83.3. The Morgan fingerprint density at radius 2 is 0.517 bits per heavy atom. The fourth-order valence-corrected chi connectivity index (χ4v) is 14.0. The number of nitrogens with one attached hydrogen (secondary N) is 9. The first-order valence-corrected chi connectivity index (χ1v) is 36.7. The number of aromatic nitrogens is 8. The van der Waals surface area contributed by atoms with E-state index >= 15 is 35.1 Å². The summed E-state index contributed by atoms with van der Waals surface area (Å²) in [6.45, 7) is 0. The zero-order valence-electron chi connectivity index (χ0n) is 64.5. The maximum atomic E-state index is 17.8. The topological polar surface area (TPSA) is 268 Å². The molecule has 24 nitrogen and oxygen atoms in total. The summed E-state index contributed by atoms with van der Waals surface area (Å²) in [6, 6.07) is 56.8. The standard InChI is InChI=1S/C88H66F8N16O8/c1-113-50-25-9-42(10-26-50)97-59-41-58-60(76(99-44-13-29-52(115-3)30-14-44)75(59)98-43-11-27-51(114-2)28-12-43)82-104-81(58)105-83-61-62(68(90)72(94)71(93)67(61)89)84(106-83)107-85-63-64(70(92)74(96)73(95)69(63)91)86(108-85)110-88-66-65(87(109-82)112(88)111-49-23-39-57(120-8)40-24-49)77(100-45-15-31-53(116-4)32-16-45)79(102-47-19-35-55(118-6)36-20-47)80(103-48-21-37-56(119-7)38-22-48)78(66)101-46-17-33-54(117-5)34-18-46/h9-41,97-103,111H,1-8H3,(H,104,105,106,107,108,109,110). The van der Waals surface area contributed by atoms with Gasteiger partial charge in [-0.3, -0.25) is 5.43 Å². The molecule has 2 aliphatic rings. The summed E-state index contributed by atoms with van der Waals surface area (Å²) in [5, 5.41) is 23.4. The third-order valence-electron chi connectivity index (χ3n) is 20.0. The minimum atomic E-state index is -2.35. The lowest BCUT2D eigenvalue weighted by Crippen LogP contribution is -2.10. The number of nitrogens with zero attached hydrogens (tertiary/aromatic N) is 7. The number of fused-ring (bicyclic) bond motifs is 20. The third kappa shape index (κ3) is 14.1. The molecule has 0 fully saturated rings. The van der Waals surface area contributed by atoms with E-state index in [0.29, 0.717) is 85.8 Å². The molecule has 3 aromatic heterocycles. The van der Waals surface area contributed by atoms with Crippen molar-refractivity contribution >= 4 is 129 Å². The van der Waals surface area contributed by atoms with Gasteiger partial charge in [-0.05, 0) is 200 Å². The molecule has 0 unspecified atom stereocenters. The third-order valence-corrected chi connectivity index (χ3v) is 20.0. The number of aromatic amines is 1. The second-order valence-electron chi connectivity index (χ2n) is 26.9. The SMILES string of the molecule is COc1ccc(Nc2cc3c(c(Nc4ccc(OC)cc4)c2Nc2ccc(OC)cc2)-c2nc-3nc3[nH]c(nc4nc(nc5c6c(Nc7ccc(OC)cc7)c(Nc7ccc(OC)cc7)c(Nc7ccc(OC)cc7)c(Nc7ccc(OC)cc7)c6c(n2)n5Nc2ccc(OC)cc2)-c2c(F)c(F)c(F)c(F)c2-4)c2c(F)c(F)c(F)c(F)c32)cc1. The van der Waals surface area contributed by atoms with E-state index in [0.717, 1.165) is 0 Å². The summed E-state index contributed by atoms with van der Waals surface area (Å²) in [4.78, 5) is 33.1. The van der Waals surface area contributed by atoms with E-state index in [2.05, 4.69) is 57.6 Å². The number of anilines is 15. The van der Waals surface area contributed by atoms with Crippen LogP contribution in [0, 0.1) is 46.5 Å². The van der Waals surface area contributed by atoms with Crippen LogP contribution in [0.25, 0.3) is 89.7 Å². The number of H-pyrrole nitrogens is 1. The predicted octanol–water partition coefficient (Wildman–Crippen LogP) is 21.6. The molecule has 32 heteroatoms. The molecule has 0 aliphatic carbocycles. The second kappa shape index (κ2) is 31.8. The summed E-state index contributed by atoms with van der Waals surface area (Å²) in [5.41, 5.74) is 3.58. The Kier molecular flexibility index (Phi) is 20.4. The maximum absolute atomic E-state index is 17.8. The van der Waals surface area contributed by atoms with E-state index < -0.39 is 97.2 Å². The zero-order valence-corrected chi connectivity index (χ0v) is 64.5. The van der Waals surface area contributed by atoms with Gasteiger partial charge < -0.3 is 80.1 Å². The quantitative estimate of drug-likeness (QED) is 0.0155. The maximum Gasteiger partial charge on any atom is 0.198 e. The first-order chi connectivity index (χ1) is 58.3. The molecule has 9 N–H and O–H groups in total. The number of halogens is 8. The van der Waals surface area contributed by atoms with Gasteiger partial charge in [-0.2, -0.15) is 0 Å². The summed E-state index contributed by atoms with van der Waals surface area (Å²) in [7, 11) is 12.1. The fourth-order valence-electron chi connectivity index (χ4n) is 14.0. The highest BCUT2D eigenvalue weighted by molar-refractivity contribution is 6.27. The number of methoxy groups -OCH3 is 8. The van der Waals surface area contributed by atoms with Gasteiger partial charge in [-0.25, -0.2) is 69.7 Å². The molecule has 0 spiro atoms. The van der Waals surface area contributed by atoms with Gasteiger partial charge in [0.1, 0.15) is 57.3 Å². The molecular weight excluding hydrogens is 1560 g/mol. The Morgan fingerprint density at radius 3 is 0.858 bits per heavy atom. The molecule has 2 aliphatic heterocycles. The Balaban J connectivity index is 1.16. The van der Waals surface area contributed by atoms with Crippen LogP contribution >= 0.6 is 0 Å². The Bertz CT molecular complexity index is 6720. The predicted molar refractivity (Wildman–Crippen MR) is 445 cm³/mol. The van der Waals surface area contributed by atoms with Crippen LogP contribution in [0.5, 0.6) is 46.0 Å². The smallest absolute Gasteiger partial charge is 0.198 e. The van der Waals surface area contributed by atoms with Crippen LogP contribution in [-0.2, 0) is 0 Å². The van der Waals surface area contributed by atoms with Crippen molar-refractivity contribution < 1.29 is 73.0 Å². The normalized spacial score (nSPS) is 11.3. The Labute approximate surface area is 676 Å². The molecule has 15 aromatic rings. The minimum absolute atomic E-state index is 0.0138. The highest BCUT2D eigenvalue weighted by Crippen LogP contribution is 2.56. The summed E-state index contributed by atoms with van der Waals surface area (Å²) >= 11 is 0. The van der Waals surface area contributed by atoms with Crippen LogP contribution in [-0.4, -0.2) is 96.4 Å². The number of benzene rings is 12. The van der Waals surface area contributed by atoms with Crippen molar-refractivity contribution in [3.8, 4) is 91.5 Å². The number of rotatable bonds is 24. The van der Waals surface area contributed by atoms with Gasteiger partial charge in [0, 0.05) is 45.4 Å². The van der Waals surface area contributed by atoms with Crippen LogP contribution in [0.15, 0.2) is 200 Å². The van der Waals surface area contributed by atoms with Crippen molar-refractivity contribution in [1.82, 2.24) is 39.6 Å². The molecule has 602 valence electrons. The molecule has 120 heavy (non-hydrogen) atoms. The van der Waals surface area contributed by atoms with Crippen molar-refractivity contribution in [2.24, 2.45) is 0 Å². The molecule has 0 amide bonds. The summed E-state index contributed by atoms with van der Waals surface area (Å²) in [6.07, 6.45) is 0. The van der Waals surface area contributed by atoms with Crippen molar-refractivity contribution in [2.45, 2.75) is 0 Å². The van der Waals surface area contributed by atoms with E-state index in [1.165, 1.54) is 61.6 Å². The van der Waals surface area contributed by atoms with Crippen LogP contribution in [0.3, 0.4) is 0 Å². The molecule has 12 aromatic carbocycles. The summed E-state index contributed by atoms with van der Waals surface area (Å²) < 4.78 is 182. The van der Waals surface area contributed by atoms with Crippen molar-refractivity contribution in [1.29, 1.82) is 0 Å². The van der Waals surface area contributed by atoms with E-state index in [4.69, 9.17) is 57.8 Å². The average molecular weight is 1630 g/mol. The molecule has 0 saturated heterocycles. The van der Waals surface area contributed by atoms with E-state index in [1.54, 1.807) is 200 Å². The first-order valence-electron chi connectivity index (χ1n) is 36.7. The second-order valence-corrected chi connectivity index (χ2v) is 26.9. The van der Waals surface area contributed by atoms with Gasteiger partial charge >= 0.3 is 0 Å². The summed E-state index contributed by atoms with van der Waals surface area (Å²) in [5.74, 6) is -16.4. The molecular formula is C88H66F8N16O8. The highest BCUT2D eigenvalue weighted by atomic mass is 19.2. The molecule has 0 atom stereocenters. The molecule has 17 rings (SSSR count). The van der Waals surface area contributed by atoms with Gasteiger partial charge in [0.25, 0.3) is 0 Å². The fraction of sp³-hybridized carbons (Fsp3) is 0.0909. The largest absolute Gasteiger partial charge is 0.497 e. The lowest BCUT2D eigenvalue weighted by Gasteiger charge is -2.25. The minimum Gasteiger partial charge on any atom is -0.497 e. The average Bonchev–Trinajstić information content (AvgIpc) is 1.54. The first kappa shape index (κ1) is 76.8. The van der Waals surface area contributed by atoms with Gasteiger partial charge in [-0.15, -0.1) is 0 Å². The number of hydrogen-bond acceptors (Lipinski definition) is 22. The van der Waals surface area contributed by atoms with Gasteiger partial charge in [0.05, 0.1) is 141 Å². The van der Waals surface area contributed by atoms with Gasteiger partial charge in [0.15, 0.2) is 81.1 Å². The molecule has 0 saturated carbocycles. The molecule has 8 bridgehead atoms. The van der Waals surface area contributed by atoms with Crippen LogP contribution in [0.2, 0.25) is 0 Å². The van der Waals surface area contributed by atoms with Crippen molar-refractivity contribution in [2.75, 3.05) is 99.5 Å². The molecule has 0 radical (unpaired) electrons. The van der Waals surface area contributed by atoms with Gasteiger partial charge in [0.2, 0.25) is 0 Å². The van der Waals surface area contributed by atoms with Crippen molar-refractivity contribution in [3.63, 3.8) is 0 Å². The van der Waals surface area contributed by atoms with E-state index in [-0.39, 0.29) is 84.5 Å². The molecule has 5 heterocycles. The Hall–Kier alpha value is -15.8. The van der Waals surface area contributed by atoms with E-state index in [9.17, 15) is 0 Å².